The largest absolute Gasteiger partial charge is 0.451 e. The highest BCUT2D eigenvalue weighted by atomic mass is 32.2. The fourth-order valence-corrected chi connectivity index (χ4v) is 2.91. The Balaban J connectivity index is 1.67. The van der Waals surface area contributed by atoms with Crippen molar-refractivity contribution in [3.63, 3.8) is 0 Å². The highest BCUT2D eigenvalue weighted by Gasteiger charge is 2.19. The van der Waals surface area contributed by atoms with E-state index in [4.69, 9.17) is 4.74 Å². The minimum absolute atomic E-state index is 0.143. The molecule has 0 atom stereocenters. The van der Waals surface area contributed by atoms with Crippen LogP contribution < -0.4 is 5.32 Å². The molecule has 0 saturated heterocycles. The minimum atomic E-state index is -0.695. The van der Waals surface area contributed by atoms with Crippen LogP contribution in [0, 0.1) is 12.7 Å². The summed E-state index contributed by atoms with van der Waals surface area (Å²) in [7, 11) is 0. The second kappa shape index (κ2) is 7.57. The lowest BCUT2D eigenvalue weighted by Crippen LogP contribution is -2.21. The number of halogens is 1. The molecule has 0 aliphatic heterocycles. The molecule has 0 spiro atoms. The number of fused-ring (bicyclic) bond motifs is 1. The number of carbonyl (C=O) groups is 2. The molecular weight excluding hydrogens is 357 g/mol. The van der Waals surface area contributed by atoms with Crippen molar-refractivity contribution in [1.82, 2.24) is 9.38 Å². The van der Waals surface area contributed by atoms with Crippen LogP contribution in [0.4, 0.5) is 10.1 Å². The zero-order chi connectivity index (χ0) is 18.7. The van der Waals surface area contributed by atoms with Crippen LogP contribution in [-0.2, 0) is 9.53 Å². The fraction of sp³-hybridized carbons (Fsp3) is 0.167. The number of ether oxygens (including phenoxy) is 1. The highest BCUT2D eigenvalue weighted by Crippen LogP contribution is 2.20. The molecule has 2 heterocycles. The third kappa shape index (κ3) is 3.70. The zero-order valence-electron chi connectivity index (χ0n) is 14.2. The third-order valence-corrected chi connectivity index (χ3v) is 4.34. The number of hydrogen-bond donors (Lipinski definition) is 1. The van der Waals surface area contributed by atoms with Gasteiger partial charge in [0, 0.05) is 11.9 Å². The fourth-order valence-electron chi connectivity index (χ4n) is 2.37. The van der Waals surface area contributed by atoms with Gasteiger partial charge in [-0.1, -0.05) is 23.9 Å². The number of benzene rings is 1. The zero-order valence-corrected chi connectivity index (χ0v) is 15.0. The average molecular weight is 373 g/mol. The van der Waals surface area contributed by atoms with Crippen LogP contribution in [0.5, 0.6) is 0 Å². The van der Waals surface area contributed by atoms with Crippen LogP contribution in [0.25, 0.3) is 5.52 Å². The molecule has 6 nitrogen and oxygen atoms in total. The molecule has 0 radical (unpaired) electrons. The number of thioether (sulfide) groups is 1. The number of hydrogen-bond acceptors (Lipinski definition) is 5. The van der Waals surface area contributed by atoms with E-state index in [-0.39, 0.29) is 5.69 Å². The van der Waals surface area contributed by atoms with E-state index in [1.807, 2.05) is 12.3 Å². The molecule has 134 valence electrons. The van der Waals surface area contributed by atoms with E-state index in [1.165, 1.54) is 17.8 Å². The van der Waals surface area contributed by atoms with Crippen molar-refractivity contribution < 1.29 is 18.7 Å². The van der Waals surface area contributed by atoms with Gasteiger partial charge in [0.2, 0.25) is 0 Å². The number of nitrogens with zero attached hydrogens (tertiary/aromatic N) is 2. The second-order valence-corrected chi connectivity index (χ2v) is 6.26. The smallest absolute Gasteiger partial charge is 0.359 e. The number of aromatic nitrogens is 2. The van der Waals surface area contributed by atoms with E-state index in [9.17, 15) is 14.0 Å². The van der Waals surface area contributed by atoms with E-state index in [2.05, 4.69) is 10.3 Å². The summed E-state index contributed by atoms with van der Waals surface area (Å²) in [5.41, 5.74) is 1.52. The molecule has 26 heavy (non-hydrogen) atoms. The molecule has 2 aromatic heterocycles. The van der Waals surface area contributed by atoms with E-state index in [0.717, 1.165) is 0 Å². The van der Waals surface area contributed by atoms with Gasteiger partial charge in [0.05, 0.1) is 5.52 Å². The lowest BCUT2D eigenvalue weighted by molar-refractivity contribution is -0.119. The van der Waals surface area contributed by atoms with E-state index in [0.29, 0.717) is 21.9 Å². The normalized spacial score (nSPS) is 10.7. The average Bonchev–Trinajstić information content (AvgIpc) is 3.02. The van der Waals surface area contributed by atoms with Crippen LogP contribution >= 0.6 is 11.8 Å². The summed E-state index contributed by atoms with van der Waals surface area (Å²) in [4.78, 5) is 28.5. The summed E-state index contributed by atoms with van der Waals surface area (Å²) in [6, 6.07) is 9.71. The number of esters is 1. The monoisotopic (exact) mass is 373 g/mol. The first-order valence-electron chi connectivity index (χ1n) is 7.74. The van der Waals surface area contributed by atoms with Gasteiger partial charge in [0.25, 0.3) is 5.91 Å². The van der Waals surface area contributed by atoms with Crippen LogP contribution in [0.1, 0.15) is 16.1 Å². The molecule has 0 aliphatic rings. The first-order chi connectivity index (χ1) is 12.5. The van der Waals surface area contributed by atoms with Crippen molar-refractivity contribution in [3.05, 3.63) is 59.7 Å². The Labute approximate surface area is 153 Å². The van der Waals surface area contributed by atoms with Gasteiger partial charge in [-0.25, -0.2) is 14.2 Å². The summed E-state index contributed by atoms with van der Waals surface area (Å²) in [6.07, 6.45) is 3.65. The van der Waals surface area contributed by atoms with Crippen LogP contribution in [0.15, 0.2) is 47.8 Å². The number of nitrogens with one attached hydrogen (secondary N) is 1. The number of aryl methyl sites for hydroxylation is 1. The topological polar surface area (TPSA) is 72.7 Å². The van der Waals surface area contributed by atoms with E-state index < -0.39 is 24.3 Å². The summed E-state index contributed by atoms with van der Waals surface area (Å²) in [6.45, 7) is 1.13. The molecule has 3 aromatic rings. The lowest BCUT2D eigenvalue weighted by Gasteiger charge is -2.07. The predicted octanol–water partition coefficient (Wildman–Crippen LogP) is 3.30. The Kier molecular flexibility index (Phi) is 5.22. The van der Waals surface area contributed by atoms with Gasteiger partial charge in [-0.15, -0.1) is 0 Å². The molecule has 0 unspecified atom stereocenters. The Morgan fingerprint density at radius 1 is 1.31 bits per heavy atom. The molecule has 1 N–H and O–H groups in total. The van der Waals surface area contributed by atoms with Crippen molar-refractivity contribution in [3.8, 4) is 0 Å². The van der Waals surface area contributed by atoms with Crippen molar-refractivity contribution >= 4 is 34.8 Å². The quantitative estimate of drug-likeness (QED) is 0.549. The van der Waals surface area contributed by atoms with Crippen LogP contribution in [-0.4, -0.2) is 34.1 Å². The molecule has 3 rings (SSSR count). The summed E-state index contributed by atoms with van der Waals surface area (Å²) in [5, 5.41) is 3.13. The number of imidazole rings is 1. The Morgan fingerprint density at radius 3 is 2.85 bits per heavy atom. The van der Waals surface area contributed by atoms with Gasteiger partial charge < -0.3 is 10.1 Å². The van der Waals surface area contributed by atoms with Gasteiger partial charge >= 0.3 is 5.97 Å². The highest BCUT2D eigenvalue weighted by molar-refractivity contribution is 7.98. The number of carbonyl (C=O) groups excluding carboxylic acids is 2. The van der Waals surface area contributed by atoms with E-state index >= 15 is 0 Å². The molecule has 0 bridgehead atoms. The number of pyridine rings is 1. The first-order valence-corrected chi connectivity index (χ1v) is 8.96. The number of amides is 1. The summed E-state index contributed by atoms with van der Waals surface area (Å²) >= 11 is 1.39. The van der Waals surface area contributed by atoms with Gasteiger partial charge in [-0.3, -0.25) is 9.20 Å². The summed E-state index contributed by atoms with van der Waals surface area (Å²) < 4.78 is 20.3. The van der Waals surface area contributed by atoms with Crippen molar-refractivity contribution in [2.75, 3.05) is 18.2 Å². The maximum Gasteiger partial charge on any atom is 0.359 e. The SMILES string of the molecule is CSc1nc(C(=O)OCC(=O)Nc2ccc(C)c(F)c2)c2ccccn12. The van der Waals surface area contributed by atoms with Crippen molar-refractivity contribution in [1.29, 1.82) is 0 Å². The Bertz CT molecular complexity index is 987. The van der Waals surface area contributed by atoms with Crippen LogP contribution in [0.3, 0.4) is 0 Å². The minimum Gasteiger partial charge on any atom is -0.451 e. The number of anilines is 1. The van der Waals surface area contributed by atoms with Gasteiger partial charge in [-0.05, 0) is 43.0 Å². The maximum absolute atomic E-state index is 13.5. The van der Waals surface area contributed by atoms with Gasteiger partial charge in [-0.2, -0.15) is 0 Å². The van der Waals surface area contributed by atoms with Gasteiger partial charge in [0.1, 0.15) is 5.82 Å². The Morgan fingerprint density at radius 2 is 2.12 bits per heavy atom. The molecule has 8 heteroatoms. The standard InChI is InChI=1S/C18H16FN3O3S/c1-11-6-7-12(9-13(11)19)20-15(23)10-25-17(24)16-14-5-3-4-8-22(14)18(21-16)26-2/h3-9H,10H2,1-2H3,(H,20,23). The molecule has 0 fully saturated rings. The third-order valence-electron chi connectivity index (χ3n) is 3.68. The molecular formula is C18H16FN3O3S. The predicted molar refractivity (Wildman–Crippen MR) is 97.0 cm³/mol. The molecule has 0 aliphatic carbocycles. The first kappa shape index (κ1) is 17.9. The lowest BCUT2D eigenvalue weighted by atomic mass is 10.2. The molecule has 1 aromatic carbocycles. The van der Waals surface area contributed by atoms with Crippen molar-refractivity contribution in [2.45, 2.75) is 12.1 Å². The Hall–Kier alpha value is -2.87. The maximum atomic E-state index is 13.5. The second-order valence-electron chi connectivity index (χ2n) is 5.49. The molecule has 0 saturated carbocycles. The number of rotatable bonds is 5. The van der Waals surface area contributed by atoms with Crippen LogP contribution in [0.2, 0.25) is 0 Å². The van der Waals surface area contributed by atoms with Crippen molar-refractivity contribution in [2.24, 2.45) is 0 Å². The molecule has 1 amide bonds. The van der Waals surface area contributed by atoms with Gasteiger partial charge in [0.15, 0.2) is 17.5 Å². The summed E-state index contributed by atoms with van der Waals surface area (Å²) in [5.74, 6) is -1.68. The van der Waals surface area contributed by atoms with E-state index in [1.54, 1.807) is 41.8 Å².